The average molecular weight is 482 g/mol. The van der Waals surface area contributed by atoms with E-state index in [4.69, 9.17) is 5.11 Å². The molecule has 0 fully saturated rings. The number of nitrogens with zero attached hydrogens (tertiary/aromatic N) is 3. The van der Waals surface area contributed by atoms with Crippen LogP contribution in [0.25, 0.3) is 22.1 Å². The van der Waals surface area contributed by atoms with Crippen LogP contribution in [-0.2, 0) is 13.1 Å². The van der Waals surface area contributed by atoms with Crippen molar-refractivity contribution in [3.8, 4) is 0 Å². The van der Waals surface area contributed by atoms with Gasteiger partial charge in [0.25, 0.3) is 11.5 Å². The standard InChI is InChI=1S/C24H27N5O6/c1-12-5-17-18(6-13(12)2)29(9-19(31)22(33)20(32)10-30)24(35)21(28-17)23(34)25-8-14-3-4-15-16(7-14)27-11-26-15/h3-7,11,19-20,22,30-33H,8-10H2,1-2H3,(H,25,34)(H,26,27)/t19-,20+,22-/m0/s1. The van der Waals surface area contributed by atoms with Crippen molar-refractivity contribution in [1.82, 2.24) is 24.8 Å². The lowest BCUT2D eigenvalue weighted by Crippen LogP contribution is -2.44. The van der Waals surface area contributed by atoms with Crippen molar-refractivity contribution < 1.29 is 25.2 Å². The maximum atomic E-state index is 13.3. The first-order valence-corrected chi connectivity index (χ1v) is 11.1. The summed E-state index contributed by atoms with van der Waals surface area (Å²) in [5.41, 5.74) is 3.75. The molecule has 0 saturated heterocycles. The van der Waals surface area contributed by atoms with Gasteiger partial charge in [0.2, 0.25) is 0 Å². The fourth-order valence-electron chi connectivity index (χ4n) is 3.84. The number of nitrogens with one attached hydrogen (secondary N) is 2. The predicted octanol–water partition coefficient (Wildman–Crippen LogP) is -0.105. The van der Waals surface area contributed by atoms with Gasteiger partial charge in [-0.1, -0.05) is 6.07 Å². The summed E-state index contributed by atoms with van der Waals surface area (Å²) >= 11 is 0. The molecule has 2 aromatic heterocycles. The molecule has 6 N–H and O–H groups in total. The third kappa shape index (κ3) is 4.93. The second-order valence-corrected chi connectivity index (χ2v) is 8.55. The number of aromatic nitrogens is 4. The molecule has 0 saturated carbocycles. The molecular formula is C24H27N5O6. The number of hydrogen-bond acceptors (Lipinski definition) is 8. The van der Waals surface area contributed by atoms with Crippen LogP contribution < -0.4 is 10.9 Å². The van der Waals surface area contributed by atoms with Crippen molar-refractivity contribution in [3.05, 3.63) is 69.4 Å². The maximum Gasteiger partial charge on any atom is 0.282 e. The zero-order chi connectivity index (χ0) is 25.3. The van der Waals surface area contributed by atoms with Gasteiger partial charge >= 0.3 is 0 Å². The molecule has 11 heteroatoms. The molecule has 4 aromatic rings. The highest BCUT2D eigenvalue weighted by Gasteiger charge is 2.27. The number of aliphatic hydroxyl groups is 4. The Morgan fingerprint density at radius 2 is 1.83 bits per heavy atom. The van der Waals surface area contributed by atoms with Gasteiger partial charge in [-0.05, 0) is 54.8 Å². The quantitative estimate of drug-likeness (QED) is 0.202. The van der Waals surface area contributed by atoms with Gasteiger partial charge in [-0.2, -0.15) is 0 Å². The number of H-pyrrole nitrogens is 1. The first kappa shape index (κ1) is 24.5. The summed E-state index contributed by atoms with van der Waals surface area (Å²) in [5.74, 6) is -0.695. The third-order valence-corrected chi connectivity index (χ3v) is 6.06. The number of carbonyl (C=O) groups is 1. The molecule has 3 atom stereocenters. The third-order valence-electron chi connectivity index (χ3n) is 6.06. The lowest BCUT2D eigenvalue weighted by molar-refractivity contribution is -0.0805. The van der Waals surface area contributed by atoms with Crippen LogP contribution in [0.5, 0.6) is 0 Å². The fraction of sp³-hybridized carbons (Fsp3) is 0.333. The van der Waals surface area contributed by atoms with Crippen LogP contribution in [-0.4, -0.2) is 70.8 Å². The predicted molar refractivity (Wildman–Crippen MR) is 128 cm³/mol. The van der Waals surface area contributed by atoms with Gasteiger partial charge < -0.3 is 35.3 Å². The summed E-state index contributed by atoms with van der Waals surface area (Å²) in [5, 5.41) is 42.0. The number of benzene rings is 2. The molecule has 0 radical (unpaired) electrons. The zero-order valence-corrected chi connectivity index (χ0v) is 19.3. The number of carbonyl (C=O) groups excluding carboxylic acids is 1. The SMILES string of the molecule is Cc1cc2nc(C(=O)NCc3ccc4nc[nH]c4c3)c(=O)n(C[C@H](O)[C@H](O)[C@H](O)CO)c2cc1C. The van der Waals surface area contributed by atoms with Gasteiger partial charge in [0.1, 0.15) is 18.3 Å². The smallest absolute Gasteiger partial charge is 0.282 e. The van der Waals surface area contributed by atoms with E-state index in [2.05, 4.69) is 20.3 Å². The van der Waals surface area contributed by atoms with E-state index in [1.807, 2.05) is 32.0 Å². The minimum atomic E-state index is -1.70. The van der Waals surface area contributed by atoms with Gasteiger partial charge in [0, 0.05) is 6.54 Å². The topological polar surface area (TPSA) is 174 Å². The Morgan fingerprint density at radius 3 is 2.57 bits per heavy atom. The fourth-order valence-corrected chi connectivity index (χ4v) is 3.84. The van der Waals surface area contributed by atoms with Crippen LogP contribution >= 0.6 is 0 Å². The van der Waals surface area contributed by atoms with Crippen LogP contribution in [0.3, 0.4) is 0 Å². The van der Waals surface area contributed by atoms with E-state index in [-0.39, 0.29) is 12.2 Å². The molecule has 11 nitrogen and oxygen atoms in total. The molecule has 1 amide bonds. The summed E-state index contributed by atoms with van der Waals surface area (Å²) < 4.78 is 1.15. The molecule has 0 bridgehead atoms. The Kier molecular flexibility index (Phi) is 6.94. The Morgan fingerprint density at radius 1 is 1.09 bits per heavy atom. The number of aryl methyl sites for hydroxylation is 2. The largest absolute Gasteiger partial charge is 0.394 e. The maximum absolute atomic E-state index is 13.3. The van der Waals surface area contributed by atoms with Crippen molar-refractivity contribution in [3.63, 3.8) is 0 Å². The Bertz CT molecular complexity index is 1450. The molecule has 0 unspecified atom stereocenters. The first-order valence-electron chi connectivity index (χ1n) is 11.1. The van der Waals surface area contributed by atoms with Gasteiger partial charge in [0.15, 0.2) is 5.69 Å². The molecule has 4 rings (SSSR count). The van der Waals surface area contributed by atoms with Gasteiger partial charge in [-0.25, -0.2) is 9.97 Å². The van der Waals surface area contributed by atoms with Gasteiger partial charge in [0.05, 0.1) is 41.5 Å². The summed E-state index contributed by atoms with van der Waals surface area (Å²) in [6.07, 6.45) is -3.30. The molecule has 0 spiro atoms. The molecule has 35 heavy (non-hydrogen) atoms. The van der Waals surface area contributed by atoms with Crippen molar-refractivity contribution >= 4 is 28.0 Å². The molecule has 0 aliphatic carbocycles. The van der Waals surface area contributed by atoms with Gasteiger partial charge in [-0.3, -0.25) is 9.59 Å². The first-order chi connectivity index (χ1) is 16.7. The zero-order valence-electron chi connectivity index (χ0n) is 19.3. The molecule has 2 aromatic carbocycles. The molecule has 0 aliphatic rings. The summed E-state index contributed by atoms with van der Waals surface area (Å²) in [6.45, 7) is 2.68. The number of rotatable bonds is 8. The highest BCUT2D eigenvalue weighted by molar-refractivity contribution is 5.94. The van der Waals surface area contributed by atoms with E-state index in [0.29, 0.717) is 11.0 Å². The monoisotopic (exact) mass is 481 g/mol. The van der Waals surface area contributed by atoms with E-state index in [9.17, 15) is 24.9 Å². The molecular weight excluding hydrogens is 454 g/mol. The van der Waals surface area contributed by atoms with E-state index >= 15 is 0 Å². The minimum Gasteiger partial charge on any atom is -0.394 e. The number of amides is 1. The number of fused-ring (bicyclic) bond motifs is 2. The molecule has 2 heterocycles. The van der Waals surface area contributed by atoms with Crippen LogP contribution in [0.2, 0.25) is 0 Å². The Labute approximate surface area is 199 Å². The van der Waals surface area contributed by atoms with Crippen molar-refractivity contribution in [2.24, 2.45) is 0 Å². The summed E-state index contributed by atoms with van der Waals surface area (Å²) in [4.78, 5) is 37.7. The van der Waals surface area contributed by atoms with E-state index < -0.39 is 42.9 Å². The highest BCUT2D eigenvalue weighted by Crippen LogP contribution is 2.18. The number of aromatic amines is 1. The van der Waals surface area contributed by atoms with Crippen LogP contribution in [0.4, 0.5) is 0 Å². The van der Waals surface area contributed by atoms with E-state index in [1.54, 1.807) is 18.5 Å². The van der Waals surface area contributed by atoms with Gasteiger partial charge in [-0.15, -0.1) is 0 Å². The minimum absolute atomic E-state index is 0.143. The Hall–Kier alpha value is -3.64. The normalized spacial score (nSPS) is 14.2. The van der Waals surface area contributed by atoms with Crippen LogP contribution in [0.1, 0.15) is 27.2 Å². The number of imidazole rings is 1. The number of hydrogen-bond donors (Lipinski definition) is 6. The molecule has 184 valence electrons. The van der Waals surface area contributed by atoms with Crippen molar-refractivity contribution in [2.75, 3.05) is 6.61 Å². The lowest BCUT2D eigenvalue weighted by atomic mass is 10.1. The molecule has 0 aliphatic heterocycles. The van der Waals surface area contributed by atoms with Crippen molar-refractivity contribution in [2.45, 2.75) is 45.2 Å². The Balaban J connectivity index is 1.68. The summed E-state index contributed by atoms with van der Waals surface area (Å²) in [7, 11) is 0. The lowest BCUT2D eigenvalue weighted by Gasteiger charge is -2.23. The highest BCUT2D eigenvalue weighted by atomic mass is 16.4. The van der Waals surface area contributed by atoms with Crippen LogP contribution in [0.15, 0.2) is 41.5 Å². The second-order valence-electron chi connectivity index (χ2n) is 8.55. The van der Waals surface area contributed by atoms with E-state index in [1.165, 1.54) is 0 Å². The van der Waals surface area contributed by atoms with E-state index in [0.717, 1.165) is 32.3 Å². The van der Waals surface area contributed by atoms with Crippen molar-refractivity contribution in [1.29, 1.82) is 0 Å². The number of aliphatic hydroxyl groups excluding tert-OH is 4. The summed E-state index contributed by atoms with van der Waals surface area (Å²) in [6, 6.07) is 8.90. The second kappa shape index (κ2) is 9.92. The van der Waals surface area contributed by atoms with Crippen LogP contribution in [0, 0.1) is 13.8 Å². The average Bonchev–Trinajstić information content (AvgIpc) is 3.32.